The van der Waals surface area contributed by atoms with Crippen LogP contribution in [0.5, 0.6) is 0 Å². The summed E-state index contributed by atoms with van der Waals surface area (Å²) >= 11 is 0. The highest BCUT2D eigenvalue weighted by atomic mass is 16.1. The van der Waals surface area contributed by atoms with E-state index in [0.29, 0.717) is 24.5 Å². The minimum Gasteiger partial charge on any atom is -0.368 e. The summed E-state index contributed by atoms with van der Waals surface area (Å²) in [5, 5.41) is 10.7. The van der Waals surface area contributed by atoms with E-state index in [4.69, 9.17) is 5.73 Å². The molecule has 0 aliphatic heterocycles. The number of nitrogens with two attached hydrogens (primary N) is 1. The number of nitrogen functional groups attached to an aromatic ring is 1. The van der Waals surface area contributed by atoms with Crippen molar-refractivity contribution in [2.75, 3.05) is 18.1 Å². The van der Waals surface area contributed by atoms with Crippen LogP contribution in [0, 0.1) is 0 Å². The summed E-state index contributed by atoms with van der Waals surface area (Å²) < 4.78 is 0. The molecule has 1 amide bonds. The summed E-state index contributed by atoms with van der Waals surface area (Å²) in [4.78, 5) is 23.8. The van der Waals surface area contributed by atoms with Crippen molar-refractivity contribution in [3.8, 4) is 0 Å². The predicted molar refractivity (Wildman–Crippen MR) is 97.0 cm³/mol. The quantitative estimate of drug-likeness (QED) is 0.682. The lowest BCUT2D eigenvalue weighted by Crippen LogP contribution is -2.18. The van der Waals surface area contributed by atoms with Crippen LogP contribution in [0.15, 0.2) is 42.9 Å². The third kappa shape index (κ3) is 4.61. The van der Waals surface area contributed by atoms with Gasteiger partial charge in [-0.3, -0.25) is 9.69 Å². The number of rotatable bonds is 6. The summed E-state index contributed by atoms with van der Waals surface area (Å²) in [7, 11) is 3.68. The fourth-order valence-corrected chi connectivity index (χ4v) is 2.53. The molecule has 0 aliphatic carbocycles. The SMILES string of the molecule is CN(Cc1cnc(N)nc1)Cc1cccc(C(=O)Nc2cnn(C)n2)c1. The average molecular weight is 352 g/mol. The smallest absolute Gasteiger partial charge is 0.256 e. The Kier molecular flexibility index (Phi) is 5.18. The maximum Gasteiger partial charge on any atom is 0.256 e. The number of anilines is 2. The summed E-state index contributed by atoms with van der Waals surface area (Å²) in [6, 6.07) is 7.47. The van der Waals surface area contributed by atoms with Crippen molar-refractivity contribution < 1.29 is 4.79 Å². The molecule has 9 heteroatoms. The van der Waals surface area contributed by atoms with E-state index >= 15 is 0 Å². The fraction of sp³-hybridized carbons (Fsp3) is 0.235. The molecule has 0 saturated carbocycles. The van der Waals surface area contributed by atoms with E-state index in [-0.39, 0.29) is 11.9 Å². The second kappa shape index (κ2) is 7.70. The number of benzene rings is 1. The van der Waals surface area contributed by atoms with Crippen molar-refractivity contribution in [1.82, 2.24) is 29.9 Å². The van der Waals surface area contributed by atoms with Gasteiger partial charge in [0.1, 0.15) is 0 Å². The molecule has 0 aliphatic rings. The van der Waals surface area contributed by atoms with Crippen LogP contribution >= 0.6 is 0 Å². The number of nitrogens with one attached hydrogen (secondary N) is 1. The van der Waals surface area contributed by atoms with Crippen LogP contribution in [0.25, 0.3) is 0 Å². The van der Waals surface area contributed by atoms with Gasteiger partial charge >= 0.3 is 0 Å². The van der Waals surface area contributed by atoms with E-state index < -0.39 is 0 Å². The molecule has 2 heterocycles. The second-order valence-corrected chi connectivity index (χ2v) is 6.00. The van der Waals surface area contributed by atoms with Gasteiger partial charge in [0, 0.05) is 43.7 Å². The average Bonchev–Trinajstić information content (AvgIpc) is 3.02. The first-order valence-corrected chi connectivity index (χ1v) is 8.01. The number of aryl methyl sites for hydroxylation is 1. The van der Waals surface area contributed by atoms with Crippen molar-refractivity contribution in [3.05, 3.63) is 59.5 Å². The van der Waals surface area contributed by atoms with Gasteiger partial charge in [-0.1, -0.05) is 12.1 Å². The Balaban J connectivity index is 1.62. The van der Waals surface area contributed by atoms with E-state index in [1.807, 2.05) is 25.2 Å². The number of aromatic nitrogens is 5. The van der Waals surface area contributed by atoms with Crippen molar-refractivity contribution in [2.24, 2.45) is 7.05 Å². The largest absolute Gasteiger partial charge is 0.368 e. The lowest BCUT2D eigenvalue weighted by Gasteiger charge is -2.17. The molecule has 9 nitrogen and oxygen atoms in total. The molecule has 134 valence electrons. The summed E-state index contributed by atoms with van der Waals surface area (Å²) in [6.07, 6.45) is 4.93. The molecule has 0 fully saturated rings. The van der Waals surface area contributed by atoms with Crippen LogP contribution < -0.4 is 11.1 Å². The topological polar surface area (TPSA) is 115 Å². The van der Waals surface area contributed by atoms with E-state index in [1.54, 1.807) is 25.5 Å². The normalized spacial score (nSPS) is 10.9. The monoisotopic (exact) mass is 352 g/mol. The molecule has 0 spiro atoms. The van der Waals surface area contributed by atoms with Gasteiger partial charge in [0.05, 0.1) is 6.20 Å². The Morgan fingerprint density at radius 2 is 1.92 bits per heavy atom. The number of carbonyl (C=O) groups is 1. The molecule has 3 rings (SSSR count). The third-order valence-electron chi connectivity index (χ3n) is 3.66. The molecule has 0 saturated heterocycles. The molecule has 0 radical (unpaired) electrons. The minimum atomic E-state index is -0.220. The Labute approximate surface area is 150 Å². The fourth-order valence-electron chi connectivity index (χ4n) is 2.53. The van der Waals surface area contributed by atoms with Gasteiger partial charge in [-0.2, -0.15) is 9.90 Å². The first-order valence-electron chi connectivity index (χ1n) is 8.01. The Bertz CT molecular complexity index is 890. The first-order chi connectivity index (χ1) is 12.5. The van der Waals surface area contributed by atoms with Gasteiger partial charge in [-0.05, 0) is 24.7 Å². The van der Waals surface area contributed by atoms with Crippen molar-refractivity contribution in [1.29, 1.82) is 0 Å². The van der Waals surface area contributed by atoms with Gasteiger partial charge < -0.3 is 11.1 Å². The molecule has 3 aromatic rings. The zero-order valence-electron chi connectivity index (χ0n) is 14.6. The van der Waals surface area contributed by atoms with Crippen molar-refractivity contribution >= 4 is 17.7 Å². The van der Waals surface area contributed by atoms with Gasteiger partial charge in [-0.25, -0.2) is 9.97 Å². The zero-order valence-corrected chi connectivity index (χ0v) is 14.6. The van der Waals surface area contributed by atoms with Gasteiger partial charge in [0.15, 0.2) is 5.82 Å². The van der Waals surface area contributed by atoms with E-state index in [0.717, 1.165) is 11.1 Å². The maximum atomic E-state index is 12.4. The second-order valence-electron chi connectivity index (χ2n) is 6.00. The first kappa shape index (κ1) is 17.5. The minimum absolute atomic E-state index is 0.220. The number of amides is 1. The third-order valence-corrected chi connectivity index (χ3v) is 3.66. The predicted octanol–water partition coefficient (Wildman–Crippen LogP) is 1.07. The summed E-state index contributed by atoms with van der Waals surface area (Å²) in [6.45, 7) is 1.35. The maximum absolute atomic E-state index is 12.4. The van der Waals surface area contributed by atoms with E-state index in [2.05, 4.69) is 30.4 Å². The molecule has 3 N–H and O–H groups in total. The lowest BCUT2D eigenvalue weighted by molar-refractivity contribution is 0.102. The van der Waals surface area contributed by atoms with E-state index in [1.165, 1.54) is 11.0 Å². The van der Waals surface area contributed by atoms with Crippen LogP contribution in [0.2, 0.25) is 0 Å². The highest BCUT2D eigenvalue weighted by Gasteiger charge is 2.10. The molecular weight excluding hydrogens is 332 g/mol. The van der Waals surface area contributed by atoms with Crippen LogP contribution in [-0.2, 0) is 20.1 Å². The van der Waals surface area contributed by atoms with E-state index in [9.17, 15) is 4.79 Å². The van der Waals surface area contributed by atoms with Gasteiger partial charge in [0.2, 0.25) is 5.95 Å². The number of hydrogen-bond donors (Lipinski definition) is 2. The van der Waals surface area contributed by atoms with Crippen molar-refractivity contribution in [2.45, 2.75) is 13.1 Å². The summed E-state index contributed by atoms with van der Waals surface area (Å²) in [5.74, 6) is 0.462. The standard InChI is InChI=1S/C17H20N8O/c1-24(11-13-7-19-17(18)20-8-13)10-12-4-3-5-14(6-12)16(26)22-15-9-21-25(2)23-15/h3-9H,10-11H2,1-2H3,(H2,18,19,20)(H,22,23,26). The van der Waals surface area contributed by atoms with Gasteiger partial charge in [-0.15, -0.1) is 5.10 Å². The number of carbonyl (C=O) groups excluding carboxylic acids is 1. The Morgan fingerprint density at radius 3 is 2.62 bits per heavy atom. The molecule has 2 aromatic heterocycles. The molecule has 26 heavy (non-hydrogen) atoms. The lowest BCUT2D eigenvalue weighted by atomic mass is 10.1. The van der Waals surface area contributed by atoms with Crippen LogP contribution in [-0.4, -0.2) is 42.8 Å². The molecule has 0 unspecified atom stereocenters. The van der Waals surface area contributed by atoms with Crippen molar-refractivity contribution in [3.63, 3.8) is 0 Å². The van der Waals surface area contributed by atoms with Crippen LogP contribution in [0.3, 0.4) is 0 Å². The molecule has 0 bridgehead atoms. The number of nitrogens with zero attached hydrogens (tertiary/aromatic N) is 6. The molecule has 1 aromatic carbocycles. The Morgan fingerprint density at radius 1 is 1.19 bits per heavy atom. The Hall–Kier alpha value is -3.33. The highest BCUT2D eigenvalue weighted by Crippen LogP contribution is 2.11. The molecular formula is C17H20N8O. The van der Waals surface area contributed by atoms with Crippen LogP contribution in [0.1, 0.15) is 21.5 Å². The number of hydrogen-bond acceptors (Lipinski definition) is 7. The molecule has 0 atom stereocenters. The summed E-state index contributed by atoms with van der Waals surface area (Å²) in [5.41, 5.74) is 8.06. The van der Waals surface area contributed by atoms with Crippen LogP contribution in [0.4, 0.5) is 11.8 Å². The van der Waals surface area contributed by atoms with Gasteiger partial charge in [0.25, 0.3) is 5.91 Å². The highest BCUT2D eigenvalue weighted by molar-refractivity contribution is 6.03. The zero-order chi connectivity index (χ0) is 18.5.